The Hall–Kier alpha value is -2.38. The lowest BCUT2D eigenvalue weighted by Gasteiger charge is -2.17. The van der Waals surface area contributed by atoms with Crippen LogP contribution < -0.4 is 10.6 Å². The van der Waals surface area contributed by atoms with E-state index in [1.807, 2.05) is 69.3 Å². The summed E-state index contributed by atoms with van der Waals surface area (Å²) >= 11 is 2.88. The van der Waals surface area contributed by atoms with Gasteiger partial charge in [0.1, 0.15) is 5.25 Å². The Labute approximate surface area is 167 Å². The van der Waals surface area contributed by atoms with Crippen LogP contribution in [0.4, 0.5) is 10.8 Å². The Bertz CT molecular complexity index is 911. The zero-order chi connectivity index (χ0) is 19.2. The van der Waals surface area contributed by atoms with Gasteiger partial charge in [0, 0.05) is 12.2 Å². The van der Waals surface area contributed by atoms with Gasteiger partial charge in [0.2, 0.25) is 11.0 Å². The van der Waals surface area contributed by atoms with Crippen molar-refractivity contribution >= 4 is 39.8 Å². The van der Waals surface area contributed by atoms with E-state index in [0.717, 1.165) is 38.4 Å². The van der Waals surface area contributed by atoms with Crippen molar-refractivity contribution in [2.24, 2.45) is 0 Å². The summed E-state index contributed by atoms with van der Waals surface area (Å²) in [6.45, 7) is 6.81. The third-order valence-corrected chi connectivity index (χ3v) is 6.16. The number of hydrogen-bond acceptors (Lipinski definition) is 6. The van der Waals surface area contributed by atoms with Crippen LogP contribution in [0, 0.1) is 13.8 Å². The molecule has 0 bridgehead atoms. The topological polar surface area (TPSA) is 66.9 Å². The van der Waals surface area contributed by atoms with Gasteiger partial charge in [-0.1, -0.05) is 65.6 Å². The Balaban J connectivity index is 1.85. The summed E-state index contributed by atoms with van der Waals surface area (Å²) in [7, 11) is 0. The van der Waals surface area contributed by atoms with Crippen molar-refractivity contribution in [3.8, 4) is 0 Å². The first kappa shape index (κ1) is 19.4. The van der Waals surface area contributed by atoms with Gasteiger partial charge in [-0.25, -0.2) is 0 Å². The van der Waals surface area contributed by atoms with E-state index in [2.05, 4.69) is 20.8 Å². The molecule has 140 valence electrons. The van der Waals surface area contributed by atoms with Gasteiger partial charge in [0.25, 0.3) is 0 Å². The Morgan fingerprint density at radius 2 is 1.93 bits per heavy atom. The number of anilines is 2. The summed E-state index contributed by atoms with van der Waals surface area (Å²) < 4.78 is 0.760. The smallest absolute Gasteiger partial charge is 0.242 e. The van der Waals surface area contributed by atoms with E-state index in [9.17, 15) is 4.79 Å². The van der Waals surface area contributed by atoms with Gasteiger partial charge in [-0.05, 0) is 43.5 Å². The van der Waals surface area contributed by atoms with Crippen LogP contribution in [0.5, 0.6) is 0 Å². The highest BCUT2D eigenvalue weighted by atomic mass is 32.2. The first-order valence-corrected chi connectivity index (χ1v) is 10.4. The van der Waals surface area contributed by atoms with Gasteiger partial charge in [-0.15, -0.1) is 10.2 Å². The van der Waals surface area contributed by atoms with Crippen LogP contribution in [0.1, 0.15) is 28.9 Å². The maximum absolute atomic E-state index is 13.1. The van der Waals surface area contributed by atoms with Crippen LogP contribution in [-0.4, -0.2) is 22.6 Å². The summed E-state index contributed by atoms with van der Waals surface area (Å²) in [5.74, 6) is -0.0694. The Morgan fingerprint density at radius 1 is 1.15 bits per heavy atom. The van der Waals surface area contributed by atoms with Gasteiger partial charge in [0.05, 0.1) is 0 Å². The molecule has 0 aliphatic carbocycles. The van der Waals surface area contributed by atoms with E-state index in [4.69, 9.17) is 0 Å². The number of aromatic nitrogens is 2. The minimum atomic E-state index is -0.409. The largest absolute Gasteiger partial charge is 0.360 e. The molecule has 1 aromatic heterocycles. The molecule has 2 N–H and O–H groups in total. The van der Waals surface area contributed by atoms with Crippen molar-refractivity contribution in [2.75, 3.05) is 17.2 Å². The van der Waals surface area contributed by atoms with Crippen molar-refractivity contribution in [1.29, 1.82) is 0 Å². The average molecular weight is 399 g/mol. The first-order chi connectivity index (χ1) is 13.1. The Morgan fingerprint density at radius 3 is 2.67 bits per heavy atom. The van der Waals surface area contributed by atoms with Gasteiger partial charge >= 0.3 is 0 Å². The highest BCUT2D eigenvalue weighted by Gasteiger charge is 2.24. The molecule has 0 radical (unpaired) electrons. The van der Waals surface area contributed by atoms with Gasteiger partial charge < -0.3 is 10.6 Å². The van der Waals surface area contributed by atoms with Crippen molar-refractivity contribution in [2.45, 2.75) is 30.4 Å². The summed E-state index contributed by atoms with van der Waals surface area (Å²) in [5, 5.41) is 14.9. The number of nitrogens with zero attached hydrogens (tertiary/aromatic N) is 2. The van der Waals surface area contributed by atoms with Crippen molar-refractivity contribution in [1.82, 2.24) is 10.2 Å². The summed E-state index contributed by atoms with van der Waals surface area (Å²) in [6.07, 6.45) is 0. The molecule has 0 unspecified atom stereocenters. The highest BCUT2D eigenvalue weighted by molar-refractivity contribution is 8.02. The normalized spacial score (nSPS) is 11.8. The lowest BCUT2D eigenvalue weighted by Crippen LogP contribution is -2.19. The molecule has 1 amide bonds. The number of thioether (sulfide) groups is 1. The third kappa shape index (κ3) is 5.08. The van der Waals surface area contributed by atoms with Gasteiger partial charge in [0.15, 0.2) is 4.34 Å². The number of carbonyl (C=O) groups excluding carboxylic acids is 1. The third-order valence-electron chi connectivity index (χ3n) is 3.94. The molecule has 3 aromatic rings. The Kier molecular flexibility index (Phi) is 6.47. The second-order valence-electron chi connectivity index (χ2n) is 6.12. The van der Waals surface area contributed by atoms with E-state index in [1.165, 1.54) is 23.1 Å². The van der Waals surface area contributed by atoms with E-state index in [1.54, 1.807) is 0 Å². The molecule has 3 rings (SSSR count). The maximum atomic E-state index is 13.1. The van der Waals surface area contributed by atoms with E-state index in [0.29, 0.717) is 0 Å². The molecule has 0 saturated heterocycles. The molecule has 0 aliphatic heterocycles. The molecule has 1 atom stereocenters. The molecule has 0 spiro atoms. The molecule has 1 heterocycles. The molecule has 2 aromatic carbocycles. The number of aryl methyl sites for hydroxylation is 2. The number of benzene rings is 2. The number of rotatable bonds is 7. The molecule has 0 aliphatic rings. The van der Waals surface area contributed by atoms with Crippen molar-refractivity contribution in [3.63, 3.8) is 0 Å². The van der Waals surface area contributed by atoms with Gasteiger partial charge in [-0.3, -0.25) is 4.79 Å². The monoisotopic (exact) mass is 398 g/mol. The number of hydrogen-bond donors (Lipinski definition) is 2. The second-order valence-corrected chi connectivity index (χ2v) is 8.45. The maximum Gasteiger partial charge on any atom is 0.242 e. The highest BCUT2D eigenvalue weighted by Crippen LogP contribution is 2.38. The lowest BCUT2D eigenvalue weighted by molar-refractivity contribution is -0.115. The quantitative estimate of drug-likeness (QED) is 0.545. The molecule has 7 heteroatoms. The number of nitrogens with one attached hydrogen (secondary N) is 2. The predicted molar refractivity (Wildman–Crippen MR) is 114 cm³/mol. The molecular formula is C20H22N4OS2. The van der Waals surface area contributed by atoms with Crippen LogP contribution in [0.2, 0.25) is 0 Å². The predicted octanol–water partition coefficient (Wildman–Crippen LogP) is 5.06. The van der Waals surface area contributed by atoms with Crippen LogP contribution >= 0.6 is 23.1 Å². The van der Waals surface area contributed by atoms with E-state index in [-0.39, 0.29) is 5.91 Å². The number of amides is 1. The standard InChI is InChI=1S/C20H22N4OS2/c1-4-21-19-23-24-20(27-19)26-17(15-8-6-5-7-9-15)18(25)22-16-12-13(2)10-11-14(16)3/h5-12,17H,4H2,1-3H3,(H,21,23)(H,22,25)/t17-/m0/s1. The fourth-order valence-corrected chi connectivity index (χ4v) is 4.56. The number of carbonyl (C=O) groups is 1. The fourth-order valence-electron chi connectivity index (χ4n) is 2.55. The summed E-state index contributed by atoms with van der Waals surface area (Å²) in [6, 6.07) is 15.8. The molecule has 27 heavy (non-hydrogen) atoms. The van der Waals surface area contributed by atoms with Crippen LogP contribution in [0.25, 0.3) is 0 Å². The first-order valence-electron chi connectivity index (χ1n) is 8.74. The SMILES string of the molecule is CCNc1nnc(S[C@H](C(=O)Nc2cc(C)ccc2C)c2ccccc2)s1. The molecular weight excluding hydrogens is 376 g/mol. The van der Waals surface area contributed by atoms with Crippen LogP contribution in [0.3, 0.4) is 0 Å². The van der Waals surface area contributed by atoms with Crippen LogP contribution in [-0.2, 0) is 4.79 Å². The van der Waals surface area contributed by atoms with E-state index < -0.39 is 5.25 Å². The van der Waals surface area contributed by atoms with Crippen LogP contribution in [0.15, 0.2) is 52.9 Å². The van der Waals surface area contributed by atoms with Crippen molar-refractivity contribution < 1.29 is 4.79 Å². The minimum Gasteiger partial charge on any atom is -0.360 e. The second kappa shape index (κ2) is 9.01. The minimum absolute atomic E-state index is 0.0694. The fraction of sp³-hybridized carbons (Fsp3) is 0.250. The molecule has 0 fully saturated rings. The summed E-state index contributed by atoms with van der Waals surface area (Å²) in [4.78, 5) is 13.1. The molecule has 0 saturated carbocycles. The van der Waals surface area contributed by atoms with Gasteiger partial charge in [-0.2, -0.15) is 0 Å². The summed E-state index contributed by atoms with van der Waals surface area (Å²) in [5.41, 5.74) is 3.92. The zero-order valence-corrected chi connectivity index (χ0v) is 17.2. The van der Waals surface area contributed by atoms with E-state index >= 15 is 0 Å². The lowest BCUT2D eigenvalue weighted by atomic mass is 10.1. The average Bonchev–Trinajstić information content (AvgIpc) is 3.11. The van der Waals surface area contributed by atoms with Crippen molar-refractivity contribution in [3.05, 3.63) is 65.2 Å². The molecule has 5 nitrogen and oxygen atoms in total. The zero-order valence-electron chi connectivity index (χ0n) is 15.5.